The van der Waals surface area contributed by atoms with E-state index < -0.39 is 0 Å². The molecule has 0 spiro atoms. The van der Waals surface area contributed by atoms with Gasteiger partial charge in [0.15, 0.2) is 0 Å². The monoisotopic (exact) mass is 341 g/mol. The number of likely N-dealkylation sites (N-methyl/N-ethyl adjacent to an activating group) is 1. The summed E-state index contributed by atoms with van der Waals surface area (Å²) in [5.41, 5.74) is 2.80. The van der Waals surface area contributed by atoms with Gasteiger partial charge in [-0.1, -0.05) is 30.3 Å². The first kappa shape index (κ1) is 17.6. The molecule has 1 aliphatic heterocycles. The number of nitrogens with zero attached hydrogens (tertiary/aromatic N) is 4. The zero-order valence-corrected chi connectivity index (χ0v) is 15.3. The lowest BCUT2D eigenvalue weighted by Gasteiger charge is -2.40. The molecule has 0 bridgehead atoms. The fourth-order valence-corrected chi connectivity index (χ4v) is 3.44. The van der Waals surface area contributed by atoms with Gasteiger partial charge in [-0.2, -0.15) is 5.10 Å². The number of aromatic nitrogens is 2. The number of amides is 1. The SMILES string of the molecule is Cc1cc(C(=O)NCCN2CCN(C)C[C@H]2c2ccccc2)n(C)n1. The molecule has 0 radical (unpaired) electrons. The molecular weight excluding hydrogens is 314 g/mol. The third-order valence-corrected chi connectivity index (χ3v) is 4.80. The Morgan fingerprint density at radius 1 is 1.24 bits per heavy atom. The Morgan fingerprint density at radius 2 is 2.00 bits per heavy atom. The van der Waals surface area contributed by atoms with Gasteiger partial charge in [0.2, 0.25) is 0 Å². The number of nitrogens with one attached hydrogen (secondary N) is 1. The van der Waals surface area contributed by atoms with Crippen LogP contribution in [-0.4, -0.2) is 65.3 Å². The lowest BCUT2D eigenvalue weighted by Crippen LogP contribution is -2.49. The summed E-state index contributed by atoms with van der Waals surface area (Å²) in [7, 11) is 3.97. The average Bonchev–Trinajstić information content (AvgIpc) is 2.95. The van der Waals surface area contributed by atoms with Crippen molar-refractivity contribution < 1.29 is 4.79 Å². The van der Waals surface area contributed by atoms with Crippen LogP contribution >= 0.6 is 0 Å². The number of piperazine rings is 1. The second kappa shape index (κ2) is 7.80. The normalized spacial score (nSPS) is 19.1. The zero-order valence-electron chi connectivity index (χ0n) is 15.3. The average molecular weight is 341 g/mol. The van der Waals surface area contributed by atoms with Gasteiger partial charge in [0, 0.05) is 45.8 Å². The first-order chi connectivity index (χ1) is 12.0. The predicted octanol–water partition coefficient (Wildman–Crippen LogP) is 1.45. The van der Waals surface area contributed by atoms with Crippen molar-refractivity contribution in [3.05, 3.63) is 53.3 Å². The molecule has 0 saturated carbocycles. The van der Waals surface area contributed by atoms with Gasteiger partial charge in [-0.25, -0.2) is 0 Å². The second-order valence-corrected chi connectivity index (χ2v) is 6.78. The second-order valence-electron chi connectivity index (χ2n) is 6.78. The molecule has 0 aliphatic carbocycles. The van der Waals surface area contributed by atoms with Gasteiger partial charge >= 0.3 is 0 Å². The van der Waals surface area contributed by atoms with E-state index in [9.17, 15) is 4.79 Å². The smallest absolute Gasteiger partial charge is 0.269 e. The molecule has 1 atom stereocenters. The number of rotatable bonds is 5. The Balaban J connectivity index is 1.59. The van der Waals surface area contributed by atoms with Gasteiger partial charge in [-0.3, -0.25) is 14.4 Å². The van der Waals surface area contributed by atoms with Crippen LogP contribution in [0.1, 0.15) is 27.8 Å². The van der Waals surface area contributed by atoms with Crippen molar-refractivity contribution in [2.45, 2.75) is 13.0 Å². The van der Waals surface area contributed by atoms with Gasteiger partial charge < -0.3 is 10.2 Å². The largest absolute Gasteiger partial charge is 0.349 e. The summed E-state index contributed by atoms with van der Waals surface area (Å²) in [6.07, 6.45) is 0. The molecule has 3 rings (SSSR count). The zero-order chi connectivity index (χ0) is 17.8. The van der Waals surface area contributed by atoms with Crippen LogP contribution in [0.4, 0.5) is 0 Å². The quantitative estimate of drug-likeness (QED) is 0.894. The third kappa shape index (κ3) is 4.27. The van der Waals surface area contributed by atoms with Crippen LogP contribution in [0.15, 0.2) is 36.4 Å². The summed E-state index contributed by atoms with van der Waals surface area (Å²) in [5, 5.41) is 7.26. The molecule has 0 unspecified atom stereocenters. The number of hydrogen-bond donors (Lipinski definition) is 1. The van der Waals surface area contributed by atoms with Crippen molar-refractivity contribution in [1.82, 2.24) is 24.9 Å². The molecule has 1 aliphatic rings. The molecule has 6 heteroatoms. The molecule has 2 aromatic rings. The van der Waals surface area contributed by atoms with E-state index in [-0.39, 0.29) is 5.91 Å². The Hall–Kier alpha value is -2.18. The van der Waals surface area contributed by atoms with Crippen LogP contribution in [0.5, 0.6) is 0 Å². The fraction of sp³-hybridized carbons (Fsp3) is 0.474. The van der Waals surface area contributed by atoms with Crippen molar-refractivity contribution >= 4 is 5.91 Å². The topological polar surface area (TPSA) is 53.4 Å². The van der Waals surface area contributed by atoms with E-state index in [1.807, 2.05) is 13.0 Å². The molecule has 134 valence electrons. The predicted molar refractivity (Wildman–Crippen MR) is 98.5 cm³/mol. The minimum absolute atomic E-state index is 0.0616. The van der Waals surface area contributed by atoms with Crippen molar-refractivity contribution in [3.8, 4) is 0 Å². The molecule has 1 amide bonds. The Labute approximate surface area is 149 Å². The molecule has 1 aromatic heterocycles. The van der Waals surface area contributed by atoms with E-state index in [0.29, 0.717) is 18.3 Å². The number of carbonyl (C=O) groups excluding carboxylic acids is 1. The Morgan fingerprint density at radius 3 is 2.68 bits per heavy atom. The van der Waals surface area contributed by atoms with Gasteiger partial charge in [0.05, 0.1) is 5.69 Å². The molecule has 1 N–H and O–H groups in total. The maximum Gasteiger partial charge on any atom is 0.269 e. The van der Waals surface area contributed by atoms with Gasteiger partial charge in [0.25, 0.3) is 5.91 Å². The van der Waals surface area contributed by atoms with Crippen LogP contribution in [-0.2, 0) is 7.05 Å². The van der Waals surface area contributed by atoms with Crippen LogP contribution < -0.4 is 5.32 Å². The fourth-order valence-electron chi connectivity index (χ4n) is 3.44. The summed E-state index contributed by atoms with van der Waals surface area (Å²) in [6.45, 7) is 6.45. The van der Waals surface area contributed by atoms with E-state index >= 15 is 0 Å². The van der Waals surface area contributed by atoms with Crippen molar-refractivity contribution in [1.29, 1.82) is 0 Å². The van der Waals surface area contributed by atoms with Crippen LogP contribution in [0.2, 0.25) is 0 Å². The van der Waals surface area contributed by atoms with E-state index in [1.165, 1.54) is 5.56 Å². The van der Waals surface area contributed by atoms with Gasteiger partial charge in [0.1, 0.15) is 5.69 Å². The number of aryl methyl sites for hydroxylation is 2. The molecule has 25 heavy (non-hydrogen) atoms. The summed E-state index contributed by atoms with van der Waals surface area (Å²) in [5.74, 6) is -0.0616. The molecule has 6 nitrogen and oxygen atoms in total. The highest BCUT2D eigenvalue weighted by Crippen LogP contribution is 2.24. The van der Waals surface area contributed by atoms with Crippen LogP contribution in [0.25, 0.3) is 0 Å². The highest BCUT2D eigenvalue weighted by molar-refractivity contribution is 5.92. The van der Waals surface area contributed by atoms with E-state index in [4.69, 9.17) is 0 Å². The molecule has 1 aromatic carbocycles. The lowest BCUT2D eigenvalue weighted by molar-refractivity contribution is 0.0838. The Kier molecular flexibility index (Phi) is 5.50. The maximum absolute atomic E-state index is 12.3. The van der Waals surface area contributed by atoms with Crippen molar-refractivity contribution in [2.24, 2.45) is 7.05 Å². The maximum atomic E-state index is 12.3. The molecule has 1 saturated heterocycles. The number of benzene rings is 1. The van der Waals surface area contributed by atoms with E-state index in [1.54, 1.807) is 11.7 Å². The summed E-state index contributed by atoms with van der Waals surface area (Å²) in [6, 6.07) is 12.8. The number of hydrogen-bond acceptors (Lipinski definition) is 4. The van der Waals surface area contributed by atoms with Gasteiger partial charge in [-0.05, 0) is 25.6 Å². The van der Waals surface area contributed by atoms with Crippen LogP contribution in [0.3, 0.4) is 0 Å². The third-order valence-electron chi connectivity index (χ3n) is 4.80. The van der Waals surface area contributed by atoms with Crippen molar-refractivity contribution in [2.75, 3.05) is 39.8 Å². The molecule has 1 fully saturated rings. The van der Waals surface area contributed by atoms with Crippen LogP contribution in [0, 0.1) is 6.92 Å². The highest BCUT2D eigenvalue weighted by atomic mass is 16.2. The van der Waals surface area contributed by atoms with E-state index in [0.717, 1.165) is 31.9 Å². The first-order valence-electron chi connectivity index (χ1n) is 8.81. The van der Waals surface area contributed by atoms with Crippen molar-refractivity contribution in [3.63, 3.8) is 0 Å². The van der Waals surface area contributed by atoms with E-state index in [2.05, 4.69) is 57.6 Å². The summed E-state index contributed by atoms with van der Waals surface area (Å²) in [4.78, 5) is 17.2. The minimum Gasteiger partial charge on any atom is -0.349 e. The standard InChI is InChI=1S/C19H27N5O/c1-15-13-17(23(3)21-15)19(25)20-9-10-24-12-11-22(2)14-18(24)16-7-5-4-6-8-16/h4-8,13,18H,9-12,14H2,1-3H3,(H,20,25)/t18-/m0/s1. The van der Waals surface area contributed by atoms with Gasteiger partial charge in [-0.15, -0.1) is 0 Å². The number of carbonyl (C=O) groups is 1. The summed E-state index contributed by atoms with van der Waals surface area (Å²) >= 11 is 0. The Bertz CT molecular complexity index is 712. The molecular formula is C19H27N5O. The lowest BCUT2D eigenvalue weighted by atomic mass is 10.0. The molecule has 2 heterocycles. The first-order valence-corrected chi connectivity index (χ1v) is 8.81. The highest BCUT2D eigenvalue weighted by Gasteiger charge is 2.26. The minimum atomic E-state index is -0.0616. The summed E-state index contributed by atoms with van der Waals surface area (Å²) < 4.78 is 1.63.